The SMILES string of the molecule is CCc1nccc2c1C1(C)CCC(c3ccccc3)C1(C1CC=C(C#N)CC1)C2. The van der Waals surface area contributed by atoms with E-state index in [2.05, 4.69) is 62.4 Å². The first-order valence-electron chi connectivity index (χ1n) is 11.3. The van der Waals surface area contributed by atoms with E-state index in [0.717, 1.165) is 37.7 Å². The maximum Gasteiger partial charge on any atom is 0.0943 e. The van der Waals surface area contributed by atoms with Crippen molar-refractivity contribution in [3.63, 3.8) is 0 Å². The van der Waals surface area contributed by atoms with Crippen LogP contribution in [-0.4, -0.2) is 4.98 Å². The second-order valence-corrected chi connectivity index (χ2v) is 9.51. The van der Waals surface area contributed by atoms with E-state index in [0.29, 0.717) is 11.8 Å². The van der Waals surface area contributed by atoms with Gasteiger partial charge in [-0.05, 0) is 85.0 Å². The van der Waals surface area contributed by atoms with Crippen LogP contribution in [0.3, 0.4) is 0 Å². The lowest BCUT2D eigenvalue weighted by Crippen LogP contribution is -2.46. The predicted molar refractivity (Wildman–Crippen MR) is 117 cm³/mol. The molecule has 1 saturated carbocycles. The number of allylic oxidation sites excluding steroid dienone is 2. The van der Waals surface area contributed by atoms with Crippen LogP contribution in [0, 0.1) is 22.7 Å². The third kappa shape index (κ3) is 2.49. The van der Waals surface area contributed by atoms with Crippen LogP contribution in [0.2, 0.25) is 0 Å². The third-order valence-electron chi connectivity index (χ3n) is 8.55. The van der Waals surface area contributed by atoms with Crippen molar-refractivity contribution in [1.82, 2.24) is 4.98 Å². The number of hydrogen-bond acceptors (Lipinski definition) is 2. The predicted octanol–water partition coefficient (Wildman–Crippen LogP) is 6.27. The molecular weight excluding hydrogens is 352 g/mol. The van der Waals surface area contributed by atoms with Crippen LogP contribution in [0.4, 0.5) is 0 Å². The van der Waals surface area contributed by atoms with E-state index in [-0.39, 0.29) is 10.8 Å². The van der Waals surface area contributed by atoms with Crippen molar-refractivity contribution < 1.29 is 0 Å². The summed E-state index contributed by atoms with van der Waals surface area (Å²) in [5, 5.41) is 9.39. The Hall–Kier alpha value is -2.40. The van der Waals surface area contributed by atoms with Crippen molar-refractivity contribution in [2.45, 2.75) is 70.1 Å². The Labute approximate surface area is 174 Å². The molecule has 0 N–H and O–H groups in total. The number of nitrogens with zero attached hydrogens (tertiary/aromatic N) is 2. The molecule has 0 radical (unpaired) electrons. The highest BCUT2D eigenvalue weighted by molar-refractivity contribution is 5.50. The fourth-order valence-corrected chi connectivity index (χ4v) is 7.37. The van der Waals surface area contributed by atoms with Gasteiger partial charge in [0.1, 0.15) is 0 Å². The minimum absolute atomic E-state index is 0.172. The minimum atomic E-state index is 0.172. The molecule has 29 heavy (non-hydrogen) atoms. The molecule has 3 aliphatic carbocycles. The molecule has 2 nitrogen and oxygen atoms in total. The van der Waals surface area contributed by atoms with Crippen molar-refractivity contribution in [2.24, 2.45) is 11.3 Å². The van der Waals surface area contributed by atoms with E-state index in [1.165, 1.54) is 29.7 Å². The summed E-state index contributed by atoms with van der Waals surface area (Å²) >= 11 is 0. The molecule has 2 aromatic rings. The van der Waals surface area contributed by atoms with E-state index in [1.807, 2.05) is 6.20 Å². The summed E-state index contributed by atoms with van der Waals surface area (Å²) < 4.78 is 0. The Bertz CT molecular complexity index is 999. The molecule has 0 bridgehead atoms. The van der Waals surface area contributed by atoms with Gasteiger partial charge in [0.2, 0.25) is 0 Å². The number of benzene rings is 1. The highest BCUT2D eigenvalue weighted by atomic mass is 14.7. The van der Waals surface area contributed by atoms with Crippen LogP contribution < -0.4 is 0 Å². The number of rotatable bonds is 3. The zero-order valence-corrected chi connectivity index (χ0v) is 17.6. The van der Waals surface area contributed by atoms with Gasteiger partial charge in [0.05, 0.1) is 6.07 Å². The molecule has 4 atom stereocenters. The average molecular weight is 383 g/mol. The maximum atomic E-state index is 9.39. The third-order valence-corrected chi connectivity index (χ3v) is 8.55. The van der Waals surface area contributed by atoms with E-state index in [9.17, 15) is 5.26 Å². The summed E-state index contributed by atoms with van der Waals surface area (Å²) in [5.41, 5.74) is 7.30. The molecule has 4 unspecified atom stereocenters. The van der Waals surface area contributed by atoms with Crippen LogP contribution in [0.1, 0.15) is 74.3 Å². The molecule has 1 aromatic heterocycles. The fourth-order valence-electron chi connectivity index (χ4n) is 7.37. The summed E-state index contributed by atoms with van der Waals surface area (Å²) in [6, 6.07) is 15.9. The van der Waals surface area contributed by atoms with Crippen molar-refractivity contribution in [2.75, 3.05) is 0 Å². The van der Waals surface area contributed by atoms with E-state index in [4.69, 9.17) is 4.98 Å². The summed E-state index contributed by atoms with van der Waals surface area (Å²) in [6.07, 6.45) is 12.1. The average Bonchev–Trinajstić information content (AvgIpc) is 3.21. The smallest absolute Gasteiger partial charge is 0.0943 e. The molecular formula is C27H30N2. The summed E-state index contributed by atoms with van der Waals surface area (Å²) in [7, 11) is 0. The van der Waals surface area contributed by atoms with Gasteiger partial charge in [-0.2, -0.15) is 5.26 Å². The van der Waals surface area contributed by atoms with Gasteiger partial charge in [0.15, 0.2) is 0 Å². The molecule has 1 fully saturated rings. The minimum Gasteiger partial charge on any atom is -0.261 e. The van der Waals surface area contributed by atoms with Crippen molar-refractivity contribution in [3.8, 4) is 6.07 Å². The summed E-state index contributed by atoms with van der Waals surface area (Å²) in [6.45, 7) is 4.80. The second kappa shape index (κ2) is 6.84. The zero-order chi connectivity index (χ0) is 20.1. The molecule has 2 heteroatoms. The Morgan fingerprint density at radius 2 is 2.00 bits per heavy atom. The van der Waals surface area contributed by atoms with Gasteiger partial charge >= 0.3 is 0 Å². The molecule has 0 amide bonds. The van der Waals surface area contributed by atoms with Gasteiger partial charge in [-0.15, -0.1) is 0 Å². The van der Waals surface area contributed by atoms with E-state index in [1.54, 1.807) is 5.56 Å². The van der Waals surface area contributed by atoms with Crippen LogP contribution in [-0.2, 0) is 18.3 Å². The lowest BCUT2D eigenvalue weighted by Gasteiger charge is -2.50. The topological polar surface area (TPSA) is 36.7 Å². The summed E-state index contributed by atoms with van der Waals surface area (Å²) in [5.74, 6) is 1.20. The normalized spacial score (nSPS) is 32.9. The van der Waals surface area contributed by atoms with Crippen molar-refractivity contribution >= 4 is 0 Å². The first-order valence-corrected chi connectivity index (χ1v) is 11.3. The quantitative estimate of drug-likeness (QED) is 0.627. The van der Waals surface area contributed by atoms with Gasteiger partial charge in [-0.3, -0.25) is 4.98 Å². The first-order chi connectivity index (χ1) is 14.1. The maximum absolute atomic E-state index is 9.39. The van der Waals surface area contributed by atoms with Crippen LogP contribution >= 0.6 is 0 Å². The van der Waals surface area contributed by atoms with Gasteiger partial charge in [0, 0.05) is 22.9 Å². The molecule has 0 aliphatic heterocycles. The molecule has 1 heterocycles. The monoisotopic (exact) mass is 382 g/mol. The van der Waals surface area contributed by atoms with Gasteiger partial charge < -0.3 is 0 Å². The van der Waals surface area contributed by atoms with Crippen LogP contribution in [0.25, 0.3) is 0 Å². The highest BCUT2D eigenvalue weighted by Crippen LogP contribution is 2.71. The lowest BCUT2D eigenvalue weighted by atomic mass is 9.53. The second-order valence-electron chi connectivity index (χ2n) is 9.51. The molecule has 148 valence electrons. The number of aromatic nitrogens is 1. The molecule has 0 spiro atoms. The number of nitriles is 1. The van der Waals surface area contributed by atoms with Crippen molar-refractivity contribution in [3.05, 3.63) is 76.6 Å². The Morgan fingerprint density at radius 1 is 1.17 bits per heavy atom. The molecule has 3 aliphatic rings. The molecule has 1 aromatic carbocycles. The zero-order valence-electron chi connectivity index (χ0n) is 17.6. The van der Waals surface area contributed by atoms with E-state index < -0.39 is 0 Å². The molecule has 5 rings (SSSR count). The van der Waals surface area contributed by atoms with Crippen LogP contribution in [0.15, 0.2) is 54.2 Å². The number of hydrogen-bond donors (Lipinski definition) is 0. The first kappa shape index (κ1) is 18.6. The number of fused-ring (bicyclic) bond motifs is 3. The summed E-state index contributed by atoms with van der Waals surface area (Å²) in [4.78, 5) is 4.82. The van der Waals surface area contributed by atoms with Gasteiger partial charge in [-0.1, -0.05) is 50.3 Å². The van der Waals surface area contributed by atoms with Crippen molar-refractivity contribution in [1.29, 1.82) is 5.26 Å². The Morgan fingerprint density at radius 3 is 2.69 bits per heavy atom. The van der Waals surface area contributed by atoms with Crippen LogP contribution in [0.5, 0.6) is 0 Å². The fraction of sp³-hybridized carbons (Fsp3) is 0.481. The largest absolute Gasteiger partial charge is 0.261 e. The number of pyridine rings is 1. The lowest BCUT2D eigenvalue weighted by molar-refractivity contribution is 0.0679. The van der Waals surface area contributed by atoms with E-state index >= 15 is 0 Å². The highest BCUT2D eigenvalue weighted by Gasteiger charge is 2.65. The Kier molecular flexibility index (Phi) is 4.39. The van der Waals surface area contributed by atoms with Gasteiger partial charge in [0.25, 0.3) is 0 Å². The molecule has 0 saturated heterocycles. The Balaban J connectivity index is 1.69. The number of aryl methyl sites for hydroxylation is 1. The van der Waals surface area contributed by atoms with Gasteiger partial charge in [-0.25, -0.2) is 0 Å². The standard InChI is InChI=1S/C27H30N2/c1-3-24-25-21(14-16-29-24)17-27(22-11-9-19(18-28)10-12-22)23(13-15-26(25,27)2)20-7-5-4-6-8-20/h4-9,14,16,22-23H,3,10-13,15,17H2,1-2H3.